The fraction of sp³-hybridized carbons (Fsp3) is 0.333. The molecule has 1 aliphatic rings. The predicted molar refractivity (Wildman–Crippen MR) is 188 cm³/mol. The summed E-state index contributed by atoms with van der Waals surface area (Å²) in [6, 6.07) is 28.2. The zero-order valence-electron chi connectivity index (χ0n) is 28.9. The first-order valence-corrected chi connectivity index (χ1v) is 16.6. The summed E-state index contributed by atoms with van der Waals surface area (Å²) >= 11 is 0. The second kappa shape index (κ2) is 15.6. The summed E-state index contributed by atoms with van der Waals surface area (Å²) in [4.78, 5) is 44.9. The fourth-order valence-electron chi connectivity index (χ4n) is 6.33. The molecule has 0 bridgehead atoms. The Hall–Kier alpha value is -5.10. The number of benzene rings is 3. The van der Waals surface area contributed by atoms with Crippen LogP contribution in [-0.4, -0.2) is 68.6 Å². The first kappa shape index (κ1) is 36.2. The van der Waals surface area contributed by atoms with Gasteiger partial charge in [-0.25, -0.2) is 14.9 Å². The molecule has 262 valence electrons. The van der Waals surface area contributed by atoms with Crippen LogP contribution < -0.4 is 10.7 Å². The van der Waals surface area contributed by atoms with Crippen LogP contribution in [-0.2, 0) is 33.7 Å². The van der Waals surface area contributed by atoms with Crippen LogP contribution in [0.1, 0.15) is 55.5 Å². The summed E-state index contributed by atoms with van der Waals surface area (Å²) in [5.41, 5.74) is 4.91. The molecule has 4 N–H and O–H groups in total. The molecule has 3 atom stereocenters. The van der Waals surface area contributed by atoms with Crippen molar-refractivity contribution in [2.24, 2.45) is 5.41 Å². The topological polar surface area (TPSA) is 144 Å². The number of hydrogen-bond donors (Lipinski definition) is 4. The molecule has 50 heavy (non-hydrogen) atoms. The van der Waals surface area contributed by atoms with E-state index >= 15 is 0 Å². The maximum absolute atomic E-state index is 14.3. The van der Waals surface area contributed by atoms with Gasteiger partial charge in [0, 0.05) is 24.7 Å². The lowest BCUT2D eigenvalue weighted by Crippen LogP contribution is -2.62. The average molecular weight is 680 g/mol. The SMILES string of the molecule is COC(=O)N[C@H](C(=O)NN(Cc1ccc(-c2ccccn2)cc1)C[C@@](O)(Cc1ccccc1)C(=O)N(O)C1CCc2ccccc21)C(C)(C)C. The van der Waals surface area contributed by atoms with Gasteiger partial charge in [0.05, 0.1) is 25.4 Å². The summed E-state index contributed by atoms with van der Waals surface area (Å²) < 4.78 is 4.79. The number of aromatic nitrogens is 1. The van der Waals surface area contributed by atoms with Gasteiger partial charge in [-0.3, -0.25) is 25.2 Å². The molecule has 11 nitrogen and oxygen atoms in total. The van der Waals surface area contributed by atoms with E-state index < -0.39 is 47.6 Å². The Morgan fingerprint density at radius 3 is 2.26 bits per heavy atom. The molecular weight excluding hydrogens is 634 g/mol. The number of rotatable bonds is 12. The van der Waals surface area contributed by atoms with E-state index in [1.165, 1.54) is 12.1 Å². The van der Waals surface area contributed by atoms with Crippen molar-refractivity contribution in [3.8, 4) is 11.3 Å². The zero-order chi connectivity index (χ0) is 35.9. The van der Waals surface area contributed by atoms with Gasteiger partial charge in [-0.1, -0.05) is 106 Å². The normalized spacial score (nSPS) is 15.8. The van der Waals surface area contributed by atoms with Gasteiger partial charge in [-0.05, 0) is 52.6 Å². The number of nitrogens with zero attached hydrogens (tertiary/aromatic N) is 3. The number of alkyl carbamates (subject to hydrolysis) is 1. The van der Waals surface area contributed by atoms with E-state index in [0.29, 0.717) is 23.5 Å². The summed E-state index contributed by atoms with van der Waals surface area (Å²) in [5, 5.41) is 28.6. The number of methoxy groups -OCH3 is 1. The maximum atomic E-state index is 14.3. The lowest BCUT2D eigenvalue weighted by molar-refractivity contribution is -0.199. The molecular formula is C39H45N5O6. The molecule has 0 saturated heterocycles. The van der Waals surface area contributed by atoms with Crippen molar-refractivity contribution in [1.29, 1.82) is 0 Å². The van der Waals surface area contributed by atoms with Gasteiger partial charge in [-0.15, -0.1) is 0 Å². The highest BCUT2D eigenvalue weighted by molar-refractivity contribution is 5.87. The van der Waals surface area contributed by atoms with Crippen molar-refractivity contribution < 1.29 is 29.4 Å². The van der Waals surface area contributed by atoms with E-state index in [-0.39, 0.29) is 13.0 Å². The number of pyridine rings is 1. The number of amides is 3. The van der Waals surface area contributed by atoms with Gasteiger partial charge in [0.2, 0.25) is 0 Å². The minimum Gasteiger partial charge on any atom is -0.453 e. The van der Waals surface area contributed by atoms with E-state index in [0.717, 1.165) is 27.9 Å². The third kappa shape index (κ3) is 8.73. The molecule has 1 aromatic heterocycles. The Balaban J connectivity index is 1.49. The van der Waals surface area contributed by atoms with Crippen LogP contribution in [0.15, 0.2) is 103 Å². The van der Waals surface area contributed by atoms with Gasteiger partial charge in [0.1, 0.15) is 6.04 Å². The molecule has 3 aromatic carbocycles. The standard InChI is InChI=1S/C39H45N5O6/c1-38(2,3)34(41-37(47)50-4)35(45)42-43(25-28-17-19-30(20-18-28)32-16-10-11-23-40-32)26-39(48,24-27-12-6-5-7-13-27)36(46)44(49)33-22-21-29-14-8-9-15-31(29)33/h5-20,23,33-34,48-49H,21-22,24-26H2,1-4H3,(H,41,47)(H,42,45)/t33?,34-,39+/m1/s1. The third-order valence-electron chi connectivity index (χ3n) is 8.93. The van der Waals surface area contributed by atoms with Crippen molar-refractivity contribution in [1.82, 2.24) is 25.8 Å². The Labute approximate surface area is 292 Å². The van der Waals surface area contributed by atoms with E-state index in [1.54, 1.807) is 51.2 Å². The molecule has 0 radical (unpaired) electrons. The molecule has 4 aromatic rings. The van der Waals surface area contributed by atoms with Crippen LogP contribution in [0.25, 0.3) is 11.3 Å². The fourth-order valence-corrected chi connectivity index (χ4v) is 6.33. The lowest BCUT2D eigenvalue weighted by atomic mass is 9.86. The van der Waals surface area contributed by atoms with Crippen LogP contribution in [0.4, 0.5) is 4.79 Å². The predicted octanol–water partition coefficient (Wildman–Crippen LogP) is 5.23. The Morgan fingerprint density at radius 1 is 0.920 bits per heavy atom. The third-order valence-corrected chi connectivity index (χ3v) is 8.93. The van der Waals surface area contributed by atoms with Crippen LogP contribution in [0.5, 0.6) is 0 Å². The smallest absolute Gasteiger partial charge is 0.407 e. The molecule has 1 unspecified atom stereocenters. The van der Waals surface area contributed by atoms with Crippen LogP contribution in [0.2, 0.25) is 0 Å². The minimum absolute atomic E-state index is 0.0748. The molecule has 5 rings (SSSR count). The second-order valence-electron chi connectivity index (χ2n) is 13.8. The molecule has 0 fully saturated rings. The molecule has 1 heterocycles. The first-order chi connectivity index (χ1) is 23.9. The molecule has 0 saturated carbocycles. The van der Waals surface area contributed by atoms with Crippen LogP contribution in [0, 0.1) is 5.41 Å². The number of hydroxylamine groups is 2. The Bertz CT molecular complexity index is 1760. The summed E-state index contributed by atoms with van der Waals surface area (Å²) in [7, 11) is 1.21. The number of carbonyl (C=O) groups is 3. The lowest BCUT2D eigenvalue weighted by Gasteiger charge is -2.38. The highest BCUT2D eigenvalue weighted by Gasteiger charge is 2.45. The van der Waals surface area contributed by atoms with Gasteiger partial charge in [0.25, 0.3) is 11.8 Å². The largest absolute Gasteiger partial charge is 0.453 e. The number of hydrazine groups is 1. The van der Waals surface area contributed by atoms with Gasteiger partial charge < -0.3 is 15.2 Å². The van der Waals surface area contributed by atoms with Crippen molar-refractivity contribution in [2.75, 3.05) is 13.7 Å². The second-order valence-corrected chi connectivity index (χ2v) is 13.8. The summed E-state index contributed by atoms with van der Waals surface area (Å²) in [6.45, 7) is 5.07. The minimum atomic E-state index is -2.19. The van der Waals surface area contributed by atoms with Crippen LogP contribution >= 0.6 is 0 Å². The number of aryl methyl sites for hydroxylation is 1. The Kier molecular flexibility index (Phi) is 11.3. The number of hydrogen-bond acceptors (Lipinski definition) is 8. The van der Waals surface area contributed by atoms with Gasteiger partial charge in [0.15, 0.2) is 5.60 Å². The quantitative estimate of drug-likeness (QED) is 0.118. The van der Waals surface area contributed by atoms with Gasteiger partial charge in [-0.2, -0.15) is 0 Å². The summed E-state index contributed by atoms with van der Waals surface area (Å²) in [5.74, 6) is -1.47. The molecule has 1 aliphatic carbocycles. The highest BCUT2D eigenvalue weighted by Crippen LogP contribution is 2.36. The maximum Gasteiger partial charge on any atom is 0.407 e. The number of aliphatic hydroxyl groups is 1. The molecule has 0 spiro atoms. The number of nitrogens with one attached hydrogen (secondary N) is 2. The zero-order valence-corrected chi connectivity index (χ0v) is 28.9. The highest BCUT2D eigenvalue weighted by atomic mass is 16.5. The molecule has 3 amide bonds. The summed E-state index contributed by atoms with van der Waals surface area (Å²) in [6.07, 6.45) is 1.97. The van der Waals surface area contributed by atoms with E-state index in [9.17, 15) is 24.7 Å². The van der Waals surface area contributed by atoms with Gasteiger partial charge >= 0.3 is 6.09 Å². The average Bonchev–Trinajstić information content (AvgIpc) is 3.54. The number of carbonyl (C=O) groups excluding carboxylic acids is 3. The van der Waals surface area contributed by atoms with E-state index in [4.69, 9.17) is 4.74 Å². The van der Waals surface area contributed by atoms with Crippen molar-refractivity contribution >= 4 is 17.9 Å². The first-order valence-electron chi connectivity index (χ1n) is 16.6. The monoisotopic (exact) mass is 679 g/mol. The molecule has 11 heteroatoms. The Morgan fingerprint density at radius 2 is 1.60 bits per heavy atom. The molecule has 0 aliphatic heterocycles. The van der Waals surface area contributed by atoms with E-state index in [2.05, 4.69) is 15.7 Å². The number of ether oxygens (including phenoxy) is 1. The van der Waals surface area contributed by atoms with Crippen LogP contribution in [0.3, 0.4) is 0 Å². The number of fused-ring (bicyclic) bond motifs is 1. The van der Waals surface area contributed by atoms with Crippen molar-refractivity contribution in [2.45, 2.75) is 64.3 Å². The van der Waals surface area contributed by atoms with Crippen molar-refractivity contribution in [3.05, 3.63) is 126 Å². The van der Waals surface area contributed by atoms with Crippen molar-refractivity contribution in [3.63, 3.8) is 0 Å². The van der Waals surface area contributed by atoms with E-state index in [1.807, 2.05) is 72.8 Å².